The van der Waals surface area contributed by atoms with Gasteiger partial charge in [0.15, 0.2) is 5.17 Å². The molecule has 1 aromatic carbocycles. The van der Waals surface area contributed by atoms with Crippen LogP contribution in [0.15, 0.2) is 45.7 Å². The molecule has 0 bridgehead atoms. The molecule has 1 aliphatic rings. The van der Waals surface area contributed by atoms with E-state index in [9.17, 15) is 4.79 Å². The lowest BCUT2D eigenvalue weighted by molar-refractivity contribution is -0.121. The summed E-state index contributed by atoms with van der Waals surface area (Å²) in [5, 5.41) is 3.82. The van der Waals surface area contributed by atoms with Crippen LogP contribution in [0.5, 0.6) is 0 Å². The minimum Gasteiger partial charge on any atom is -0.289 e. The number of likely N-dealkylation sites (N-methyl/N-ethyl adjacent to an activating group) is 1. The predicted octanol–water partition coefficient (Wildman–Crippen LogP) is 4.42. The maximum absolute atomic E-state index is 12.4. The summed E-state index contributed by atoms with van der Waals surface area (Å²) in [6.45, 7) is 1.93. The highest BCUT2D eigenvalue weighted by molar-refractivity contribution is 8.18. The lowest BCUT2D eigenvalue weighted by Crippen LogP contribution is -2.23. The molecule has 2 aromatic rings. The second-order valence-corrected chi connectivity index (χ2v) is 6.92. The molecular weight excluding hydrogens is 338 g/mol. The van der Waals surface area contributed by atoms with E-state index in [1.165, 1.54) is 23.1 Å². The fourth-order valence-electron chi connectivity index (χ4n) is 1.96. The molecule has 0 aliphatic carbocycles. The minimum atomic E-state index is -0.0484. The van der Waals surface area contributed by atoms with E-state index in [1.807, 2.05) is 36.6 Å². The molecule has 7 heteroatoms. The van der Waals surface area contributed by atoms with E-state index in [1.54, 1.807) is 18.1 Å². The van der Waals surface area contributed by atoms with Crippen molar-refractivity contribution in [2.45, 2.75) is 6.92 Å². The molecule has 1 amide bonds. The molecule has 112 valence electrons. The molecule has 1 saturated heterocycles. The van der Waals surface area contributed by atoms with E-state index in [2.05, 4.69) is 9.98 Å². The number of thioether (sulfide) groups is 1. The van der Waals surface area contributed by atoms with Gasteiger partial charge < -0.3 is 0 Å². The van der Waals surface area contributed by atoms with Crippen molar-refractivity contribution in [3.05, 3.63) is 51.3 Å². The van der Waals surface area contributed by atoms with Crippen LogP contribution < -0.4 is 0 Å². The number of amidine groups is 1. The first-order valence-electron chi connectivity index (χ1n) is 6.47. The summed E-state index contributed by atoms with van der Waals surface area (Å²) < 4.78 is 0. The number of carbonyl (C=O) groups excluding carboxylic acids is 1. The van der Waals surface area contributed by atoms with Crippen LogP contribution in [0.25, 0.3) is 5.57 Å². The van der Waals surface area contributed by atoms with Crippen LogP contribution >= 0.6 is 34.7 Å². The van der Waals surface area contributed by atoms with Gasteiger partial charge in [-0.3, -0.25) is 9.69 Å². The Morgan fingerprint density at radius 2 is 2.05 bits per heavy atom. The first kappa shape index (κ1) is 15.3. The van der Waals surface area contributed by atoms with Crippen molar-refractivity contribution < 1.29 is 4.79 Å². The summed E-state index contributed by atoms with van der Waals surface area (Å²) in [7, 11) is 1.73. The number of aromatic nitrogens is 1. The Labute approximate surface area is 141 Å². The number of allylic oxidation sites excluding steroid dienone is 1. The second kappa shape index (κ2) is 6.24. The minimum absolute atomic E-state index is 0.0484. The Hall–Kier alpha value is -1.63. The fourth-order valence-corrected chi connectivity index (χ4v) is 3.68. The molecule has 22 heavy (non-hydrogen) atoms. The average molecular weight is 350 g/mol. The highest BCUT2D eigenvalue weighted by Gasteiger charge is 2.32. The number of benzene rings is 1. The van der Waals surface area contributed by atoms with Gasteiger partial charge in [0.25, 0.3) is 5.91 Å². The summed E-state index contributed by atoms with van der Waals surface area (Å²) in [6.07, 6.45) is 1.70. The lowest BCUT2D eigenvalue weighted by Gasteiger charge is -2.06. The van der Waals surface area contributed by atoms with Crippen molar-refractivity contribution in [1.82, 2.24) is 9.88 Å². The molecule has 3 rings (SSSR count). The van der Waals surface area contributed by atoms with E-state index < -0.39 is 0 Å². The fraction of sp³-hybridized carbons (Fsp3) is 0.133. The van der Waals surface area contributed by atoms with Gasteiger partial charge in [0.1, 0.15) is 0 Å². The molecule has 1 fully saturated rings. The van der Waals surface area contributed by atoms with Crippen LogP contribution in [0.4, 0.5) is 5.13 Å². The number of hydrogen-bond acceptors (Lipinski definition) is 5. The van der Waals surface area contributed by atoms with E-state index in [4.69, 9.17) is 11.6 Å². The normalized spacial score (nSPS) is 19.1. The summed E-state index contributed by atoms with van der Waals surface area (Å²) in [5.41, 5.74) is 1.90. The van der Waals surface area contributed by atoms with Gasteiger partial charge in [-0.15, -0.1) is 11.3 Å². The zero-order chi connectivity index (χ0) is 15.7. The van der Waals surface area contributed by atoms with E-state index in [0.717, 1.165) is 11.1 Å². The lowest BCUT2D eigenvalue weighted by atomic mass is 10.1. The molecule has 0 saturated carbocycles. The highest BCUT2D eigenvalue weighted by atomic mass is 35.5. The first-order valence-corrected chi connectivity index (χ1v) is 8.54. The zero-order valence-corrected chi connectivity index (χ0v) is 14.3. The number of carbonyl (C=O) groups is 1. The Balaban J connectivity index is 1.96. The topological polar surface area (TPSA) is 45.6 Å². The van der Waals surface area contributed by atoms with Crippen LogP contribution in [0.1, 0.15) is 12.5 Å². The third-order valence-corrected chi connectivity index (χ3v) is 5.36. The zero-order valence-electron chi connectivity index (χ0n) is 11.9. The second-order valence-electron chi connectivity index (χ2n) is 4.64. The van der Waals surface area contributed by atoms with Gasteiger partial charge in [0.05, 0.1) is 4.91 Å². The van der Waals surface area contributed by atoms with Crippen LogP contribution in [0.2, 0.25) is 5.02 Å². The van der Waals surface area contributed by atoms with Gasteiger partial charge in [-0.2, -0.15) is 4.99 Å². The monoisotopic (exact) mass is 349 g/mol. The van der Waals surface area contributed by atoms with E-state index in [-0.39, 0.29) is 5.91 Å². The molecule has 1 aromatic heterocycles. The Morgan fingerprint density at radius 3 is 2.68 bits per heavy atom. The standard InChI is InChI=1S/C15H12ClN3OS2/c1-9(10-3-5-11(16)6-4-10)12-13(20)19(2)15(22-12)18-14-17-7-8-21-14/h3-8H,1-2H3/b12-9-,18-15+. The summed E-state index contributed by atoms with van der Waals surface area (Å²) >= 11 is 8.72. The maximum Gasteiger partial charge on any atom is 0.266 e. The van der Waals surface area contributed by atoms with Gasteiger partial charge in [-0.05, 0) is 42.0 Å². The van der Waals surface area contributed by atoms with Crippen LogP contribution in [-0.4, -0.2) is 28.0 Å². The number of aliphatic imine (C=N–C) groups is 1. The van der Waals surface area contributed by atoms with Crippen molar-refractivity contribution in [3.8, 4) is 0 Å². The number of thiazole rings is 1. The number of halogens is 1. The number of hydrogen-bond donors (Lipinski definition) is 0. The van der Waals surface area contributed by atoms with Gasteiger partial charge in [-0.25, -0.2) is 4.98 Å². The number of nitrogens with zero attached hydrogens (tertiary/aromatic N) is 3. The molecule has 0 N–H and O–H groups in total. The molecule has 0 radical (unpaired) electrons. The van der Waals surface area contributed by atoms with Crippen molar-refractivity contribution in [2.24, 2.45) is 4.99 Å². The molecule has 0 unspecified atom stereocenters. The number of rotatable bonds is 2. The van der Waals surface area contributed by atoms with E-state index >= 15 is 0 Å². The van der Waals surface area contributed by atoms with Gasteiger partial charge in [0, 0.05) is 23.6 Å². The van der Waals surface area contributed by atoms with Gasteiger partial charge in [-0.1, -0.05) is 23.7 Å². The largest absolute Gasteiger partial charge is 0.289 e. The smallest absolute Gasteiger partial charge is 0.266 e. The highest BCUT2D eigenvalue weighted by Crippen LogP contribution is 2.37. The van der Waals surface area contributed by atoms with Crippen molar-refractivity contribution in [1.29, 1.82) is 0 Å². The molecule has 0 atom stereocenters. The summed E-state index contributed by atoms with van der Waals surface area (Å²) in [4.78, 5) is 23.2. The van der Waals surface area contributed by atoms with Crippen LogP contribution in [-0.2, 0) is 4.79 Å². The summed E-state index contributed by atoms with van der Waals surface area (Å²) in [5.74, 6) is -0.0484. The van der Waals surface area contributed by atoms with Crippen LogP contribution in [0, 0.1) is 0 Å². The van der Waals surface area contributed by atoms with E-state index in [0.29, 0.717) is 20.2 Å². The van der Waals surface area contributed by atoms with Crippen molar-refractivity contribution in [2.75, 3.05) is 7.05 Å². The van der Waals surface area contributed by atoms with Crippen molar-refractivity contribution >= 4 is 56.5 Å². The molecular formula is C15H12ClN3OS2. The van der Waals surface area contributed by atoms with Gasteiger partial charge in [0.2, 0.25) is 5.13 Å². The number of amides is 1. The Bertz CT molecular complexity index is 767. The Morgan fingerprint density at radius 1 is 1.32 bits per heavy atom. The Kier molecular flexibility index (Phi) is 4.33. The molecule has 1 aliphatic heterocycles. The van der Waals surface area contributed by atoms with Crippen LogP contribution in [0.3, 0.4) is 0 Å². The predicted molar refractivity (Wildman–Crippen MR) is 93.6 cm³/mol. The SMILES string of the molecule is C/C(=C1/S/C(=N/c2nccs2)N(C)C1=O)c1ccc(Cl)cc1. The third-order valence-electron chi connectivity index (χ3n) is 3.21. The van der Waals surface area contributed by atoms with Crippen molar-refractivity contribution in [3.63, 3.8) is 0 Å². The maximum atomic E-state index is 12.4. The molecule has 4 nitrogen and oxygen atoms in total. The molecule has 0 spiro atoms. The average Bonchev–Trinajstić information content (AvgIpc) is 3.11. The summed E-state index contributed by atoms with van der Waals surface area (Å²) in [6, 6.07) is 7.46. The van der Waals surface area contributed by atoms with Gasteiger partial charge >= 0.3 is 0 Å². The third kappa shape index (κ3) is 2.95. The molecule has 2 heterocycles. The quantitative estimate of drug-likeness (QED) is 0.754. The first-order chi connectivity index (χ1) is 10.6.